The van der Waals surface area contributed by atoms with Crippen molar-refractivity contribution >= 4 is 11.8 Å². The van der Waals surface area contributed by atoms with E-state index in [0.717, 1.165) is 0 Å². The summed E-state index contributed by atoms with van der Waals surface area (Å²) >= 11 is 0. The second kappa shape index (κ2) is 6.49. The van der Waals surface area contributed by atoms with E-state index in [4.69, 9.17) is 4.74 Å². The zero-order valence-corrected chi connectivity index (χ0v) is 10.1. The van der Waals surface area contributed by atoms with E-state index in [2.05, 4.69) is 9.98 Å². The van der Waals surface area contributed by atoms with Gasteiger partial charge in [0, 0.05) is 12.4 Å². The van der Waals surface area contributed by atoms with E-state index in [0.29, 0.717) is 18.0 Å². The van der Waals surface area contributed by atoms with Gasteiger partial charge in [-0.25, -0.2) is 9.78 Å². The lowest BCUT2D eigenvalue weighted by Crippen LogP contribution is -2.22. The van der Waals surface area contributed by atoms with Crippen molar-refractivity contribution in [2.45, 2.75) is 12.6 Å². The Balaban J connectivity index is 1.82. The third-order valence-electron chi connectivity index (χ3n) is 2.43. The normalized spacial score (nSPS) is 11.6. The maximum atomic E-state index is 10.1. The van der Waals surface area contributed by atoms with Crippen LogP contribution in [-0.4, -0.2) is 33.4 Å². The third kappa shape index (κ3) is 4.06. The highest BCUT2D eigenvalue weighted by molar-refractivity contribution is 5.49. The van der Waals surface area contributed by atoms with Crippen LogP contribution >= 0.6 is 0 Å². The number of hydrogen-bond donors (Lipinski definition) is 1. The van der Waals surface area contributed by atoms with Gasteiger partial charge in [0.15, 0.2) is 0 Å². The highest BCUT2D eigenvalue weighted by atomic mass is 16.5. The van der Waals surface area contributed by atoms with Crippen molar-refractivity contribution in [2.24, 2.45) is 4.99 Å². The number of aliphatic imine (C=N–C) groups is 1. The molecule has 1 aromatic heterocycles. The average Bonchev–Trinajstić information content (AvgIpc) is 2.91. The lowest BCUT2D eigenvalue weighted by Gasteiger charge is -2.12. The molecule has 2 rings (SSSR count). The summed E-state index contributed by atoms with van der Waals surface area (Å²) in [4.78, 5) is 17.4. The molecule has 0 bridgehead atoms. The number of rotatable bonds is 6. The van der Waals surface area contributed by atoms with E-state index in [9.17, 15) is 9.90 Å². The van der Waals surface area contributed by atoms with E-state index in [1.54, 1.807) is 47.6 Å². The van der Waals surface area contributed by atoms with Gasteiger partial charge in [-0.1, -0.05) is 0 Å². The number of aliphatic hydroxyl groups is 1. The fraction of sp³-hybridized carbons (Fsp3) is 0.231. The molecule has 0 amide bonds. The van der Waals surface area contributed by atoms with Crippen LogP contribution in [0, 0.1) is 0 Å². The number of aliphatic hydroxyl groups excluding tert-OH is 1. The van der Waals surface area contributed by atoms with Crippen LogP contribution < -0.4 is 4.74 Å². The molecule has 6 heteroatoms. The Morgan fingerprint density at radius 2 is 2.21 bits per heavy atom. The van der Waals surface area contributed by atoms with Gasteiger partial charge < -0.3 is 14.4 Å². The Morgan fingerprint density at radius 1 is 1.42 bits per heavy atom. The third-order valence-corrected chi connectivity index (χ3v) is 2.43. The van der Waals surface area contributed by atoms with Crippen LogP contribution in [0.1, 0.15) is 0 Å². The van der Waals surface area contributed by atoms with Gasteiger partial charge >= 0.3 is 0 Å². The zero-order chi connectivity index (χ0) is 13.5. The van der Waals surface area contributed by atoms with E-state index in [1.165, 1.54) is 6.08 Å². The first-order valence-corrected chi connectivity index (χ1v) is 5.72. The Bertz CT molecular complexity index is 545. The van der Waals surface area contributed by atoms with Gasteiger partial charge in [-0.05, 0) is 24.3 Å². The number of isocyanates is 1. The highest BCUT2D eigenvalue weighted by Gasteiger charge is 2.06. The van der Waals surface area contributed by atoms with Crippen LogP contribution in [0.3, 0.4) is 0 Å². The number of carbonyl (C=O) groups excluding carboxylic acids is 1. The molecule has 6 nitrogen and oxygen atoms in total. The maximum absolute atomic E-state index is 10.1. The molecule has 0 spiro atoms. The molecular weight excluding hydrogens is 246 g/mol. The topological polar surface area (TPSA) is 76.7 Å². The molecule has 98 valence electrons. The molecule has 0 fully saturated rings. The first-order chi connectivity index (χ1) is 9.28. The molecule has 0 saturated heterocycles. The SMILES string of the molecule is O=C=Nc1ccc(OCC(O)Cn2ccnc2)cc1. The number of imidazole rings is 1. The molecule has 1 heterocycles. The molecule has 1 atom stereocenters. The molecule has 1 N–H and O–H groups in total. The van der Waals surface area contributed by atoms with Gasteiger partial charge in [0.2, 0.25) is 6.08 Å². The maximum Gasteiger partial charge on any atom is 0.240 e. The minimum atomic E-state index is -0.623. The molecule has 0 aliphatic heterocycles. The molecule has 0 aliphatic carbocycles. The Morgan fingerprint density at radius 3 is 2.84 bits per heavy atom. The first-order valence-electron chi connectivity index (χ1n) is 5.72. The van der Waals surface area contributed by atoms with Crippen molar-refractivity contribution < 1.29 is 14.6 Å². The number of nitrogens with zero attached hydrogens (tertiary/aromatic N) is 3. The standard InChI is InChI=1S/C13H13N3O3/c17-10-15-11-1-3-13(4-2-11)19-8-12(18)7-16-6-5-14-9-16/h1-6,9,12,18H,7-8H2. The number of hydrogen-bond acceptors (Lipinski definition) is 5. The predicted molar refractivity (Wildman–Crippen MR) is 68.0 cm³/mol. The molecule has 0 saturated carbocycles. The second-order valence-electron chi connectivity index (χ2n) is 3.92. The summed E-state index contributed by atoms with van der Waals surface area (Å²) in [6.07, 6.45) is 5.90. The van der Waals surface area contributed by atoms with Gasteiger partial charge in [0.25, 0.3) is 0 Å². The lowest BCUT2D eigenvalue weighted by atomic mass is 10.3. The average molecular weight is 259 g/mol. The molecule has 2 aromatic rings. The second-order valence-corrected chi connectivity index (χ2v) is 3.92. The van der Waals surface area contributed by atoms with Gasteiger partial charge in [0.05, 0.1) is 18.6 Å². The van der Waals surface area contributed by atoms with Crippen LogP contribution in [-0.2, 0) is 11.3 Å². The van der Waals surface area contributed by atoms with Crippen molar-refractivity contribution in [1.82, 2.24) is 9.55 Å². The van der Waals surface area contributed by atoms with Crippen molar-refractivity contribution in [3.8, 4) is 5.75 Å². The van der Waals surface area contributed by atoms with Gasteiger partial charge in [-0.3, -0.25) is 0 Å². The molecule has 1 aromatic carbocycles. The Kier molecular flexibility index (Phi) is 4.44. The Hall–Kier alpha value is -2.43. The van der Waals surface area contributed by atoms with Crippen LogP contribution in [0.4, 0.5) is 5.69 Å². The zero-order valence-electron chi connectivity index (χ0n) is 10.1. The highest BCUT2D eigenvalue weighted by Crippen LogP contribution is 2.17. The number of aromatic nitrogens is 2. The van der Waals surface area contributed by atoms with E-state index in [-0.39, 0.29) is 6.61 Å². The van der Waals surface area contributed by atoms with Crippen LogP contribution in [0.25, 0.3) is 0 Å². The van der Waals surface area contributed by atoms with Crippen LogP contribution in [0.2, 0.25) is 0 Å². The predicted octanol–water partition coefficient (Wildman–Crippen LogP) is 1.29. The fourth-order valence-corrected chi connectivity index (χ4v) is 1.55. The molecule has 0 radical (unpaired) electrons. The first kappa shape index (κ1) is 13.0. The molecule has 1 unspecified atom stereocenters. The van der Waals surface area contributed by atoms with Gasteiger partial charge in [0.1, 0.15) is 18.5 Å². The summed E-state index contributed by atoms with van der Waals surface area (Å²) in [6.45, 7) is 0.599. The number of benzene rings is 1. The largest absolute Gasteiger partial charge is 0.491 e. The summed E-state index contributed by atoms with van der Waals surface area (Å²) in [5, 5.41) is 9.78. The lowest BCUT2D eigenvalue weighted by molar-refractivity contribution is 0.0925. The van der Waals surface area contributed by atoms with Gasteiger partial charge in [-0.15, -0.1) is 0 Å². The van der Waals surface area contributed by atoms with Crippen molar-refractivity contribution in [2.75, 3.05) is 6.61 Å². The molecular formula is C13H13N3O3. The smallest absolute Gasteiger partial charge is 0.240 e. The van der Waals surface area contributed by atoms with Crippen LogP contribution in [0.15, 0.2) is 48.0 Å². The minimum Gasteiger partial charge on any atom is -0.491 e. The van der Waals surface area contributed by atoms with E-state index >= 15 is 0 Å². The van der Waals surface area contributed by atoms with Crippen LogP contribution in [0.5, 0.6) is 5.75 Å². The summed E-state index contributed by atoms with van der Waals surface area (Å²) < 4.78 is 7.20. The van der Waals surface area contributed by atoms with E-state index in [1.807, 2.05) is 0 Å². The summed E-state index contributed by atoms with van der Waals surface area (Å²) in [5.41, 5.74) is 0.515. The minimum absolute atomic E-state index is 0.175. The quantitative estimate of drug-likeness (QED) is 0.626. The summed E-state index contributed by atoms with van der Waals surface area (Å²) in [7, 11) is 0. The molecule has 19 heavy (non-hydrogen) atoms. The fourth-order valence-electron chi connectivity index (χ4n) is 1.55. The Labute approximate surface area is 110 Å². The summed E-state index contributed by atoms with van der Waals surface area (Å²) in [5.74, 6) is 0.606. The van der Waals surface area contributed by atoms with Gasteiger partial charge in [-0.2, -0.15) is 4.99 Å². The molecule has 0 aliphatic rings. The summed E-state index contributed by atoms with van der Waals surface area (Å²) in [6, 6.07) is 6.64. The van der Waals surface area contributed by atoms with Crippen molar-refractivity contribution in [3.05, 3.63) is 43.0 Å². The monoisotopic (exact) mass is 259 g/mol. The van der Waals surface area contributed by atoms with Crippen molar-refractivity contribution in [1.29, 1.82) is 0 Å². The van der Waals surface area contributed by atoms with E-state index < -0.39 is 6.10 Å². The van der Waals surface area contributed by atoms with Crippen molar-refractivity contribution in [3.63, 3.8) is 0 Å². The number of ether oxygens (including phenoxy) is 1.